The van der Waals surface area contributed by atoms with Crippen LogP contribution in [0.2, 0.25) is 0 Å². The summed E-state index contributed by atoms with van der Waals surface area (Å²) in [5.41, 5.74) is 3.27. The number of rotatable bonds is 1. The molecule has 0 aliphatic carbocycles. The number of benzene rings is 1. The van der Waals surface area contributed by atoms with E-state index in [2.05, 4.69) is 32.2 Å². The predicted octanol–water partition coefficient (Wildman–Crippen LogP) is 3.39. The van der Waals surface area contributed by atoms with Gasteiger partial charge in [0.2, 0.25) is 0 Å². The average Bonchev–Trinajstić information content (AvgIpc) is 2.17. The topological polar surface area (TPSA) is 49.3 Å². The molecular weight excluding hydrogens is 214 g/mol. The Kier molecular flexibility index (Phi) is 2.64. The molecule has 1 aromatic carbocycles. The molecule has 2 N–H and O–H groups in total. The highest BCUT2D eigenvalue weighted by Gasteiger charge is 2.32. The molecule has 1 heterocycles. The molecule has 0 fully saturated rings. The minimum atomic E-state index is -0.859. The number of hydrogen-bond donors (Lipinski definition) is 2. The lowest BCUT2D eigenvalue weighted by Crippen LogP contribution is -2.37. The molecule has 0 aromatic heterocycles. The van der Waals surface area contributed by atoms with Crippen molar-refractivity contribution >= 4 is 11.7 Å². The Labute approximate surface area is 102 Å². The van der Waals surface area contributed by atoms with Crippen molar-refractivity contribution in [2.24, 2.45) is 0 Å². The molecule has 0 saturated carbocycles. The van der Waals surface area contributed by atoms with E-state index in [-0.39, 0.29) is 5.54 Å². The predicted molar refractivity (Wildman–Crippen MR) is 68.9 cm³/mol. The van der Waals surface area contributed by atoms with Gasteiger partial charge in [0, 0.05) is 5.54 Å². The summed E-state index contributed by atoms with van der Waals surface area (Å²) < 4.78 is 0. The molecule has 2 rings (SSSR count). The van der Waals surface area contributed by atoms with Gasteiger partial charge in [0.25, 0.3) is 0 Å². The summed E-state index contributed by atoms with van der Waals surface area (Å²) in [6.45, 7) is 8.32. The van der Waals surface area contributed by atoms with E-state index in [0.29, 0.717) is 11.5 Å². The van der Waals surface area contributed by atoms with Gasteiger partial charge < -0.3 is 10.4 Å². The lowest BCUT2D eigenvalue weighted by molar-refractivity contribution is 0.0697. The molecule has 0 saturated heterocycles. The first-order valence-electron chi connectivity index (χ1n) is 5.96. The third kappa shape index (κ3) is 2.14. The molecule has 0 radical (unpaired) electrons. The van der Waals surface area contributed by atoms with E-state index in [0.717, 1.165) is 23.2 Å². The van der Waals surface area contributed by atoms with Crippen LogP contribution >= 0.6 is 0 Å². The van der Waals surface area contributed by atoms with Crippen LogP contribution < -0.4 is 5.32 Å². The largest absolute Gasteiger partial charge is 0.478 e. The highest BCUT2D eigenvalue weighted by molar-refractivity contribution is 5.96. The standard InChI is InChI=1S/C14H19NO2/c1-8-5-10-9(2)7-14(3,4)15-12(10)11(6-8)13(16)17/h5-6,9,15H,7H2,1-4H3,(H,16,17)/t9-/m1/s1. The second-order valence-electron chi connectivity index (χ2n) is 5.70. The molecule has 1 aliphatic heterocycles. The van der Waals surface area contributed by atoms with Crippen molar-refractivity contribution in [3.63, 3.8) is 0 Å². The third-order valence-corrected chi connectivity index (χ3v) is 3.35. The maximum absolute atomic E-state index is 11.3. The zero-order chi connectivity index (χ0) is 12.8. The first kappa shape index (κ1) is 12.0. The number of fused-ring (bicyclic) bond motifs is 1. The van der Waals surface area contributed by atoms with Crippen molar-refractivity contribution in [1.29, 1.82) is 0 Å². The molecule has 0 spiro atoms. The number of nitrogens with one attached hydrogen (secondary N) is 1. The summed E-state index contributed by atoms with van der Waals surface area (Å²) in [5, 5.41) is 12.6. The van der Waals surface area contributed by atoms with Crippen LogP contribution in [0.25, 0.3) is 0 Å². The fraction of sp³-hybridized carbons (Fsp3) is 0.500. The highest BCUT2D eigenvalue weighted by atomic mass is 16.4. The van der Waals surface area contributed by atoms with Crippen LogP contribution in [-0.4, -0.2) is 16.6 Å². The Hall–Kier alpha value is -1.51. The fourth-order valence-electron chi connectivity index (χ4n) is 2.78. The summed E-state index contributed by atoms with van der Waals surface area (Å²) in [7, 11) is 0. The minimum absolute atomic E-state index is 0.0497. The van der Waals surface area contributed by atoms with E-state index in [9.17, 15) is 9.90 Å². The fourth-order valence-corrected chi connectivity index (χ4v) is 2.78. The minimum Gasteiger partial charge on any atom is -0.478 e. The van der Waals surface area contributed by atoms with E-state index in [1.807, 2.05) is 6.92 Å². The molecule has 1 atom stereocenters. The summed E-state index contributed by atoms with van der Waals surface area (Å²) in [6, 6.07) is 3.83. The summed E-state index contributed by atoms with van der Waals surface area (Å²) >= 11 is 0. The van der Waals surface area contributed by atoms with Crippen molar-refractivity contribution in [1.82, 2.24) is 0 Å². The Morgan fingerprint density at radius 2 is 2.12 bits per heavy atom. The van der Waals surface area contributed by atoms with Crippen molar-refractivity contribution in [3.8, 4) is 0 Å². The molecular formula is C14H19NO2. The first-order chi connectivity index (χ1) is 7.80. The number of carboxylic acids is 1. The van der Waals surface area contributed by atoms with Gasteiger partial charge in [-0.15, -0.1) is 0 Å². The molecule has 3 heteroatoms. The summed E-state index contributed by atoms with van der Waals surface area (Å²) in [4.78, 5) is 11.3. The van der Waals surface area contributed by atoms with E-state index < -0.39 is 5.97 Å². The van der Waals surface area contributed by atoms with Gasteiger partial charge in [-0.3, -0.25) is 0 Å². The quantitative estimate of drug-likeness (QED) is 0.781. The van der Waals surface area contributed by atoms with Crippen molar-refractivity contribution in [2.75, 3.05) is 5.32 Å². The smallest absolute Gasteiger partial charge is 0.337 e. The number of hydrogen-bond acceptors (Lipinski definition) is 2. The molecule has 0 bridgehead atoms. The molecule has 1 aliphatic rings. The number of anilines is 1. The van der Waals surface area contributed by atoms with Crippen LogP contribution in [0.5, 0.6) is 0 Å². The molecule has 0 amide bonds. The van der Waals surface area contributed by atoms with Gasteiger partial charge in [0.05, 0.1) is 11.3 Å². The van der Waals surface area contributed by atoms with Crippen LogP contribution in [0.3, 0.4) is 0 Å². The van der Waals surface area contributed by atoms with Crippen LogP contribution in [0.4, 0.5) is 5.69 Å². The van der Waals surface area contributed by atoms with E-state index in [1.54, 1.807) is 6.07 Å². The first-order valence-corrected chi connectivity index (χ1v) is 5.96. The molecule has 92 valence electrons. The Balaban J connectivity index is 2.63. The third-order valence-electron chi connectivity index (χ3n) is 3.35. The van der Waals surface area contributed by atoms with Crippen LogP contribution in [0.1, 0.15) is 54.6 Å². The van der Waals surface area contributed by atoms with Gasteiger partial charge in [-0.25, -0.2) is 4.79 Å². The Morgan fingerprint density at radius 1 is 1.47 bits per heavy atom. The molecule has 1 aromatic rings. The maximum Gasteiger partial charge on any atom is 0.337 e. The van der Waals surface area contributed by atoms with Gasteiger partial charge >= 0.3 is 5.97 Å². The van der Waals surface area contributed by atoms with E-state index >= 15 is 0 Å². The average molecular weight is 233 g/mol. The number of carbonyl (C=O) groups is 1. The van der Waals surface area contributed by atoms with E-state index in [1.165, 1.54) is 0 Å². The number of carboxylic acid groups (broad SMARTS) is 1. The molecule has 3 nitrogen and oxygen atoms in total. The normalized spacial score (nSPS) is 21.5. The van der Waals surface area contributed by atoms with Crippen molar-refractivity contribution in [3.05, 3.63) is 28.8 Å². The van der Waals surface area contributed by atoms with Crippen molar-refractivity contribution < 1.29 is 9.90 Å². The number of aromatic carboxylic acids is 1. The zero-order valence-electron chi connectivity index (χ0n) is 10.8. The number of aryl methyl sites for hydroxylation is 1. The van der Waals surface area contributed by atoms with Crippen LogP contribution in [-0.2, 0) is 0 Å². The summed E-state index contributed by atoms with van der Waals surface area (Å²) in [5.74, 6) is -0.471. The molecule has 0 unspecified atom stereocenters. The van der Waals surface area contributed by atoms with E-state index in [4.69, 9.17) is 0 Å². The lowest BCUT2D eigenvalue weighted by Gasteiger charge is -2.38. The van der Waals surface area contributed by atoms with Gasteiger partial charge in [-0.1, -0.05) is 13.0 Å². The second kappa shape index (κ2) is 3.76. The summed E-state index contributed by atoms with van der Waals surface area (Å²) in [6.07, 6.45) is 1.02. The van der Waals surface area contributed by atoms with Gasteiger partial charge in [-0.2, -0.15) is 0 Å². The van der Waals surface area contributed by atoms with Crippen molar-refractivity contribution in [2.45, 2.75) is 45.6 Å². The maximum atomic E-state index is 11.3. The Morgan fingerprint density at radius 3 is 2.71 bits per heavy atom. The monoisotopic (exact) mass is 233 g/mol. The zero-order valence-corrected chi connectivity index (χ0v) is 10.8. The highest BCUT2D eigenvalue weighted by Crippen LogP contribution is 2.40. The van der Waals surface area contributed by atoms with Gasteiger partial charge in [0.15, 0.2) is 0 Å². The molecule has 17 heavy (non-hydrogen) atoms. The second-order valence-corrected chi connectivity index (χ2v) is 5.70. The van der Waals surface area contributed by atoms with Crippen LogP contribution in [0.15, 0.2) is 12.1 Å². The van der Waals surface area contributed by atoms with Crippen LogP contribution in [0, 0.1) is 6.92 Å². The Bertz CT molecular complexity index is 477. The van der Waals surface area contributed by atoms with Gasteiger partial charge in [-0.05, 0) is 50.3 Å². The SMILES string of the molecule is Cc1cc(C(=O)O)c2c(c1)[C@H](C)CC(C)(C)N2. The van der Waals surface area contributed by atoms with Gasteiger partial charge in [0.1, 0.15) is 0 Å². The lowest BCUT2D eigenvalue weighted by atomic mass is 9.80.